The Bertz CT molecular complexity index is 3420. The van der Waals surface area contributed by atoms with Crippen molar-refractivity contribution in [2.45, 2.75) is 0 Å². The van der Waals surface area contributed by atoms with Crippen LogP contribution in [0.15, 0.2) is 176 Å². The minimum Gasteiger partial charge on any atom is -0.317 e. The first-order chi connectivity index (χ1) is 27.2. The van der Waals surface area contributed by atoms with E-state index >= 15 is 0 Å². The van der Waals surface area contributed by atoms with Gasteiger partial charge in [0, 0.05) is 32.6 Å². The second-order valence-electron chi connectivity index (χ2n) is 13.9. The fourth-order valence-corrected chi connectivity index (χ4v) is 8.80. The van der Waals surface area contributed by atoms with Gasteiger partial charge in [0.15, 0.2) is 5.69 Å². The molecule has 0 unspecified atom stereocenters. The Kier molecular flexibility index (Phi) is 6.61. The molecule has 5 nitrogen and oxygen atoms in total. The summed E-state index contributed by atoms with van der Waals surface area (Å²) in [7, 11) is 0. The fourth-order valence-electron chi connectivity index (χ4n) is 8.80. The summed E-state index contributed by atoms with van der Waals surface area (Å²) in [6.45, 7) is 16.3. The predicted octanol–water partition coefficient (Wildman–Crippen LogP) is 13.7. The molecule has 5 heteroatoms. The third kappa shape index (κ3) is 4.39. The normalized spacial score (nSPS) is 11.6. The lowest BCUT2D eigenvalue weighted by Crippen LogP contribution is -2.01. The number of benzene rings is 8. The molecule has 8 aromatic carbocycles. The molecule has 0 aliphatic heterocycles. The number of rotatable bonds is 4. The summed E-state index contributed by atoms with van der Waals surface area (Å²) < 4.78 is 6.93. The van der Waals surface area contributed by atoms with Gasteiger partial charge in [0.1, 0.15) is 0 Å². The highest BCUT2D eigenvalue weighted by Crippen LogP contribution is 2.44. The molecule has 0 radical (unpaired) electrons. The van der Waals surface area contributed by atoms with Crippen molar-refractivity contribution in [3.63, 3.8) is 0 Å². The van der Waals surface area contributed by atoms with Crippen LogP contribution in [0.3, 0.4) is 0 Å². The highest BCUT2D eigenvalue weighted by molar-refractivity contribution is 6.16. The molecule has 0 fully saturated rings. The van der Waals surface area contributed by atoms with Crippen molar-refractivity contribution in [3.05, 3.63) is 199 Å². The number of nitrogens with zero attached hydrogens (tertiary/aromatic N) is 5. The minimum atomic E-state index is 0.586. The zero-order valence-electron chi connectivity index (χ0n) is 29.5. The van der Waals surface area contributed by atoms with Crippen LogP contribution < -0.4 is 0 Å². The molecule has 3 heterocycles. The average Bonchev–Trinajstić information content (AvgIpc) is 3.89. The van der Waals surface area contributed by atoms with Gasteiger partial charge in [-0.15, -0.1) is 0 Å². The van der Waals surface area contributed by atoms with Crippen molar-refractivity contribution in [2.75, 3.05) is 0 Å². The summed E-state index contributed by atoms with van der Waals surface area (Å²) in [6.07, 6.45) is 0. The van der Waals surface area contributed by atoms with E-state index in [0.29, 0.717) is 11.4 Å². The van der Waals surface area contributed by atoms with E-state index in [1.54, 1.807) is 0 Å². The number of aromatic nitrogens is 3. The van der Waals surface area contributed by atoms with E-state index in [0.717, 1.165) is 82.8 Å². The topological polar surface area (TPSA) is 23.5 Å². The van der Waals surface area contributed by atoms with Gasteiger partial charge in [-0.1, -0.05) is 115 Å². The van der Waals surface area contributed by atoms with E-state index < -0.39 is 0 Å². The minimum absolute atomic E-state index is 0.586. The van der Waals surface area contributed by atoms with Crippen LogP contribution in [0.5, 0.6) is 0 Å². The molecule has 11 aromatic rings. The maximum atomic E-state index is 8.73. The molecular formula is C50H29N5. The van der Waals surface area contributed by atoms with Gasteiger partial charge in [-0.3, -0.25) is 0 Å². The molecule has 0 aliphatic carbocycles. The Hall–Kier alpha value is -7.86. The van der Waals surface area contributed by atoms with Crippen LogP contribution in [-0.4, -0.2) is 13.7 Å². The van der Waals surface area contributed by atoms with E-state index in [9.17, 15) is 0 Å². The third-order valence-electron chi connectivity index (χ3n) is 11.1. The Morgan fingerprint density at radius 3 is 1.56 bits per heavy atom. The van der Waals surface area contributed by atoms with Gasteiger partial charge in [0.25, 0.3) is 0 Å². The largest absolute Gasteiger partial charge is 0.317 e. The number of hydrogen-bond donors (Lipinski definition) is 0. The van der Waals surface area contributed by atoms with Crippen molar-refractivity contribution >= 4 is 76.8 Å². The first-order valence-electron chi connectivity index (χ1n) is 18.3. The lowest BCUT2D eigenvalue weighted by atomic mass is 10.0. The standard InChI is InChI=1S/C50H29N5/c1-51-33-28-29-46-41(31-33)39-19-6-7-22-42(39)53(46)34-15-11-14-32(30-34)35-20-12-26-47(49(35)52-2)55-45-25-10-5-18-38(45)40-21-13-27-48(50(40)55)54-43-23-8-3-16-36(43)37-17-4-9-24-44(37)54/h3-31H. The lowest BCUT2D eigenvalue weighted by Gasteiger charge is -2.17. The Balaban J connectivity index is 1.17. The van der Waals surface area contributed by atoms with Crippen LogP contribution in [0.2, 0.25) is 0 Å². The van der Waals surface area contributed by atoms with E-state index in [1.165, 1.54) is 10.8 Å². The first-order valence-corrected chi connectivity index (χ1v) is 18.3. The summed E-state index contributed by atoms with van der Waals surface area (Å²) in [5.41, 5.74) is 12.4. The summed E-state index contributed by atoms with van der Waals surface area (Å²) >= 11 is 0. The second-order valence-corrected chi connectivity index (χ2v) is 13.9. The first kappa shape index (κ1) is 30.7. The molecule has 11 rings (SSSR count). The van der Waals surface area contributed by atoms with Gasteiger partial charge < -0.3 is 13.7 Å². The predicted molar refractivity (Wildman–Crippen MR) is 227 cm³/mol. The molecule has 0 saturated carbocycles. The van der Waals surface area contributed by atoms with Crippen molar-refractivity contribution in [3.8, 4) is 28.2 Å². The lowest BCUT2D eigenvalue weighted by molar-refractivity contribution is 1.13. The summed E-state index contributed by atoms with van der Waals surface area (Å²) in [5, 5.41) is 6.82. The van der Waals surface area contributed by atoms with Crippen LogP contribution in [0.1, 0.15) is 0 Å². The van der Waals surface area contributed by atoms with Gasteiger partial charge in [0.05, 0.1) is 57.6 Å². The van der Waals surface area contributed by atoms with Gasteiger partial charge in [-0.25, -0.2) is 9.69 Å². The Morgan fingerprint density at radius 2 is 0.891 bits per heavy atom. The van der Waals surface area contributed by atoms with Crippen LogP contribution in [0.25, 0.3) is 103 Å². The molecule has 0 saturated heterocycles. The van der Waals surface area contributed by atoms with Gasteiger partial charge in [-0.2, -0.15) is 0 Å². The van der Waals surface area contributed by atoms with E-state index in [1.807, 2.05) is 24.3 Å². The maximum absolute atomic E-state index is 8.73. The molecule has 0 atom stereocenters. The molecule has 0 N–H and O–H groups in total. The highest BCUT2D eigenvalue weighted by atomic mass is 15.1. The van der Waals surface area contributed by atoms with Crippen LogP contribution in [0, 0.1) is 13.1 Å². The molecule has 55 heavy (non-hydrogen) atoms. The molecule has 254 valence electrons. The van der Waals surface area contributed by atoms with Gasteiger partial charge in [0.2, 0.25) is 5.69 Å². The number of fused-ring (bicyclic) bond motifs is 9. The fraction of sp³-hybridized carbons (Fsp3) is 0. The second kappa shape index (κ2) is 11.8. The Morgan fingerprint density at radius 1 is 0.364 bits per heavy atom. The number of hydrogen-bond acceptors (Lipinski definition) is 0. The Labute approximate surface area is 316 Å². The van der Waals surface area contributed by atoms with Gasteiger partial charge in [-0.05, 0) is 77.2 Å². The van der Waals surface area contributed by atoms with Crippen LogP contribution >= 0.6 is 0 Å². The van der Waals surface area contributed by atoms with Gasteiger partial charge >= 0.3 is 0 Å². The molecule has 0 aliphatic rings. The molecule has 3 aromatic heterocycles. The van der Waals surface area contributed by atoms with Crippen molar-refractivity contribution in [1.82, 2.24) is 13.7 Å². The number of para-hydroxylation sites is 6. The monoisotopic (exact) mass is 699 g/mol. The zero-order valence-corrected chi connectivity index (χ0v) is 29.5. The van der Waals surface area contributed by atoms with Crippen molar-refractivity contribution in [2.24, 2.45) is 0 Å². The maximum Gasteiger partial charge on any atom is 0.218 e. The van der Waals surface area contributed by atoms with Crippen molar-refractivity contribution < 1.29 is 0 Å². The summed E-state index contributed by atoms with van der Waals surface area (Å²) in [5.74, 6) is 0. The highest BCUT2D eigenvalue weighted by Gasteiger charge is 2.22. The molecule has 0 amide bonds. The van der Waals surface area contributed by atoms with E-state index in [2.05, 4.69) is 175 Å². The summed E-state index contributed by atoms with van der Waals surface area (Å²) in [4.78, 5) is 8.01. The molecule has 0 spiro atoms. The smallest absolute Gasteiger partial charge is 0.218 e. The van der Waals surface area contributed by atoms with Crippen LogP contribution in [0.4, 0.5) is 11.4 Å². The van der Waals surface area contributed by atoms with Crippen LogP contribution in [-0.2, 0) is 0 Å². The summed E-state index contributed by atoms with van der Waals surface area (Å²) in [6, 6.07) is 61.2. The van der Waals surface area contributed by atoms with E-state index in [4.69, 9.17) is 13.1 Å². The molecule has 0 bridgehead atoms. The molecular weight excluding hydrogens is 671 g/mol. The van der Waals surface area contributed by atoms with Crippen molar-refractivity contribution in [1.29, 1.82) is 0 Å². The SMILES string of the molecule is [C-]#[N+]c1ccc2c(c1)c1ccccc1n2-c1cccc(-c2cccc(-n3c4ccccc4c4cccc(-n5c6ccccc6c6ccccc65)c43)c2[N+]#[C-])c1. The third-order valence-corrected chi connectivity index (χ3v) is 11.1. The van der Waals surface area contributed by atoms with E-state index in [-0.39, 0.29) is 0 Å². The quantitative estimate of drug-likeness (QED) is 0.163. The average molecular weight is 700 g/mol. The zero-order chi connectivity index (χ0) is 36.6.